The number of benzene rings is 5. The van der Waals surface area contributed by atoms with Crippen LogP contribution in [0.15, 0.2) is 147 Å². The second kappa shape index (κ2) is 37.7. The number of thioether (sulfide) groups is 1. The van der Waals surface area contributed by atoms with Crippen LogP contribution < -0.4 is 30.9 Å². The molecule has 21 nitrogen and oxygen atoms in total. The maximum absolute atomic E-state index is 14.4. The number of likely N-dealkylation sites (tertiary alicyclic amines) is 1. The first-order chi connectivity index (χ1) is 51.8. The van der Waals surface area contributed by atoms with Crippen molar-refractivity contribution in [1.82, 2.24) is 40.4 Å². The second-order valence-electron chi connectivity index (χ2n) is 30.4. The van der Waals surface area contributed by atoms with E-state index in [0.717, 1.165) is 101 Å². The third kappa shape index (κ3) is 23.1. The maximum Gasteiger partial charge on any atom is 0.501 e. The Morgan fingerprint density at radius 3 is 2.08 bits per heavy atom. The van der Waals surface area contributed by atoms with Gasteiger partial charge in [-0.25, -0.2) is 26.5 Å². The molecule has 590 valence electrons. The van der Waals surface area contributed by atoms with Crippen LogP contribution in [0, 0.1) is 17.8 Å². The number of aromatic nitrogens is 1. The summed E-state index contributed by atoms with van der Waals surface area (Å²) in [6.07, 6.45) is 7.47. The molecule has 6 N–H and O–H groups in total. The lowest BCUT2D eigenvalue weighted by atomic mass is 9.71. The number of hydrogen-bond donors (Lipinski definition) is 6. The summed E-state index contributed by atoms with van der Waals surface area (Å²) in [6, 6.07) is 31.1. The molecule has 0 radical (unpaired) electrons. The minimum atomic E-state index is -6.11. The Morgan fingerprint density at radius 2 is 1.44 bits per heavy atom. The van der Waals surface area contributed by atoms with E-state index in [1.54, 1.807) is 23.5 Å². The molecular formula is C80H102ClF3N10O11S4. The van der Waals surface area contributed by atoms with Crippen molar-refractivity contribution in [3.63, 3.8) is 0 Å². The lowest BCUT2D eigenvalue weighted by Crippen LogP contribution is -2.57. The molecule has 6 atom stereocenters. The fourth-order valence-corrected chi connectivity index (χ4v) is 18.4. The predicted octanol–water partition coefficient (Wildman–Crippen LogP) is 12.9. The number of ether oxygens (including phenoxy) is 1. The SMILES string of the molecule is Cc1ncsc1-c1ccc([C@H](C)NC(=O)[C@@H]2C[C@@H](O)CN2C(=O)[C@@H](NC(=O)CCCCCCCCC(=O)NC[C@@]2(C)CCC(c3ccc(Cl)cc3)=C(CN3CCN(c4ccc(C(=O)NS(=O)(=O)c5ccc(N[C@H](CCN6CCOCC6)CSc6ccccc6)c(S(=O)(=O)C(F)(F)F)c5)cc4)CC3)C2)C(C)(C)C)cc1. The number of morpholine rings is 1. The quantitative estimate of drug-likeness (QED) is 0.0165. The van der Waals surface area contributed by atoms with Gasteiger partial charge in [0.05, 0.1) is 52.0 Å². The molecule has 109 heavy (non-hydrogen) atoms. The number of anilines is 2. The number of hydrogen-bond acceptors (Lipinski definition) is 18. The Labute approximate surface area is 652 Å². The molecule has 3 saturated heterocycles. The standard InChI is InChI=1S/C80H102ClF3N10O11S4/c1-54(56-20-22-58(23-21-56)73-55(2)86-53-107-73)87-76(99)69-46-64(95)50-94(69)77(100)74(78(3,4)5)89-72(97)19-15-10-8-7-9-14-18-71(96)85-52-79(6)36-34-67(57-24-28-61(81)29-25-57)60(48-79)49-92-38-40-93(41-39-92)63-30-26-59(27-31-63)75(98)90-109(103,104)66-32-33-68(70(47-66)108(101,102)80(82,83)84)88-62(35-37-91-42-44-105-45-43-91)51-106-65-16-12-11-13-17-65/h11-13,16-17,20-33,47,53-54,62,64,69,74,88,95H,7-10,14-15,18-19,34-46,48-52H2,1-6H3,(H,85,96)(H,87,99)(H,89,97)(H,90,98)/t54-,62+,64+,69-,74+,79-/m0/s1. The van der Waals surface area contributed by atoms with E-state index in [-0.39, 0.29) is 54.1 Å². The molecule has 0 spiro atoms. The summed E-state index contributed by atoms with van der Waals surface area (Å²) in [4.78, 5) is 80.8. The summed E-state index contributed by atoms with van der Waals surface area (Å²) in [5.74, 6) is -1.76. The van der Waals surface area contributed by atoms with E-state index in [1.807, 2.05) is 112 Å². The molecule has 3 fully saturated rings. The molecule has 6 aromatic rings. The summed E-state index contributed by atoms with van der Waals surface area (Å²) in [5, 5.41) is 23.7. The Balaban J connectivity index is 0.658. The van der Waals surface area contributed by atoms with Crippen molar-refractivity contribution < 1.29 is 63.8 Å². The molecule has 0 unspecified atom stereocenters. The lowest BCUT2D eigenvalue weighted by Gasteiger charge is -2.41. The zero-order chi connectivity index (χ0) is 78.3. The average molecular weight is 1600 g/mol. The highest BCUT2D eigenvalue weighted by Gasteiger charge is 2.49. The fraction of sp³-hybridized carbons (Fsp3) is 0.500. The minimum absolute atomic E-state index is 0.00295. The van der Waals surface area contributed by atoms with E-state index in [4.69, 9.17) is 16.3 Å². The summed E-state index contributed by atoms with van der Waals surface area (Å²) in [5.41, 5.74) is 1.98. The van der Waals surface area contributed by atoms with Crippen molar-refractivity contribution in [2.24, 2.45) is 10.8 Å². The number of alkyl halides is 3. The van der Waals surface area contributed by atoms with Crippen molar-refractivity contribution >= 4 is 101 Å². The first-order valence-corrected chi connectivity index (χ1v) is 42.7. The average Bonchev–Trinajstić information content (AvgIpc) is 1.25. The normalized spacial score (nSPS) is 19.3. The predicted molar refractivity (Wildman–Crippen MR) is 423 cm³/mol. The van der Waals surface area contributed by atoms with Crippen molar-refractivity contribution in [1.29, 1.82) is 0 Å². The smallest absolute Gasteiger partial charge is 0.391 e. The number of allylic oxidation sites excluding steroid dienone is 1. The molecule has 3 aliphatic heterocycles. The van der Waals surface area contributed by atoms with Gasteiger partial charge in [0.2, 0.25) is 23.6 Å². The molecule has 29 heteroatoms. The van der Waals surface area contributed by atoms with Gasteiger partial charge in [0.15, 0.2) is 0 Å². The molecule has 4 heterocycles. The summed E-state index contributed by atoms with van der Waals surface area (Å²) in [7, 11) is -11.0. The summed E-state index contributed by atoms with van der Waals surface area (Å²) >= 11 is 9.36. The number of piperazine rings is 1. The number of aliphatic hydroxyl groups excluding tert-OH is 1. The van der Waals surface area contributed by atoms with Crippen molar-refractivity contribution in [3.8, 4) is 10.4 Å². The largest absolute Gasteiger partial charge is 0.501 e. The third-order valence-corrected chi connectivity index (χ3v) is 26.1. The number of β-amino-alcohol motifs (C(OH)–C–C–N with tert-alkyl or cyclic N) is 1. The van der Waals surface area contributed by atoms with Crippen LogP contribution in [-0.4, -0.2) is 185 Å². The van der Waals surface area contributed by atoms with E-state index < -0.39 is 82.3 Å². The second-order valence-corrected chi connectivity index (χ2v) is 36.4. The number of sulfone groups is 1. The number of nitrogens with one attached hydrogen (secondary N) is 5. The molecule has 5 amide bonds. The Kier molecular flexibility index (Phi) is 29.1. The van der Waals surface area contributed by atoms with Crippen LogP contribution in [0.3, 0.4) is 0 Å². The molecule has 4 aliphatic rings. The van der Waals surface area contributed by atoms with Gasteiger partial charge in [0.25, 0.3) is 25.8 Å². The van der Waals surface area contributed by atoms with Gasteiger partial charge in [-0.15, -0.1) is 23.1 Å². The molecule has 1 aliphatic carbocycles. The number of aryl methyl sites for hydroxylation is 1. The Hall–Kier alpha value is -7.41. The lowest BCUT2D eigenvalue weighted by molar-refractivity contribution is -0.144. The zero-order valence-corrected chi connectivity index (χ0v) is 66.8. The molecule has 0 bridgehead atoms. The topological polar surface area (TPSA) is 269 Å². The third-order valence-electron chi connectivity index (χ3n) is 20.9. The van der Waals surface area contributed by atoms with Gasteiger partial charge in [0, 0.05) is 118 Å². The zero-order valence-electron chi connectivity index (χ0n) is 62.8. The molecule has 5 aromatic carbocycles. The van der Waals surface area contributed by atoms with Crippen LogP contribution >= 0.6 is 34.7 Å². The highest BCUT2D eigenvalue weighted by molar-refractivity contribution is 7.99. The molecule has 0 saturated carbocycles. The van der Waals surface area contributed by atoms with E-state index in [2.05, 4.69) is 60.0 Å². The number of aliphatic hydroxyl groups is 1. The highest BCUT2D eigenvalue weighted by atomic mass is 35.5. The Morgan fingerprint density at radius 1 is 0.789 bits per heavy atom. The number of thiazole rings is 1. The van der Waals surface area contributed by atoms with Gasteiger partial charge < -0.3 is 40.9 Å². The molecule has 1 aromatic heterocycles. The van der Waals surface area contributed by atoms with Crippen LogP contribution in [-0.2, 0) is 43.8 Å². The van der Waals surface area contributed by atoms with Gasteiger partial charge in [-0.05, 0) is 152 Å². The van der Waals surface area contributed by atoms with E-state index in [0.29, 0.717) is 108 Å². The van der Waals surface area contributed by atoms with Gasteiger partial charge in [-0.1, -0.05) is 125 Å². The number of sulfonamides is 1. The number of rotatable bonds is 33. The first kappa shape index (κ1) is 84.0. The summed E-state index contributed by atoms with van der Waals surface area (Å²) < 4.78 is 105. The number of carbonyl (C=O) groups excluding carboxylic acids is 5. The van der Waals surface area contributed by atoms with Crippen LogP contribution in [0.4, 0.5) is 24.5 Å². The maximum atomic E-state index is 14.4. The number of nitrogens with zero attached hydrogens (tertiary/aromatic N) is 5. The molecule has 10 rings (SSSR count). The van der Waals surface area contributed by atoms with E-state index >= 15 is 0 Å². The highest BCUT2D eigenvalue weighted by Crippen LogP contribution is 2.44. The Bertz CT molecular complexity index is 4370. The van der Waals surface area contributed by atoms with Crippen molar-refractivity contribution in [2.45, 2.75) is 175 Å². The number of amides is 5. The number of carbonyl (C=O) groups is 5. The van der Waals surface area contributed by atoms with E-state index in [9.17, 15) is 59.1 Å². The molecular weight excluding hydrogens is 1500 g/mol. The van der Waals surface area contributed by atoms with Crippen LogP contribution in [0.2, 0.25) is 5.02 Å². The van der Waals surface area contributed by atoms with Gasteiger partial charge in [-0.2, -0.15) is 13.2 Å². The number of halogens is 4. The van der Waals surface area contributed by atoms with Crippen LogP contribution in [0.5, 0.6) is 0 Å². The number of unbranched alkanes of at least 4 members (excludes halogenated alkanes) is 5. The monoisotopic (exact) mass is 1600 g/mol. The van der Waals surface area contributed by atoms with Crippen LogP contribution in [0.25, 0.3) is 16.0 Å². The first-order valence-electron chi connectivity index (χ1n) is 37.5. The van der Waals surface area contributed by atoms with Gasteiger partial charge in [0.1, 0.15) is 17.0 Å². The van der Waals surface area contributed by atoms with Gasteiger partial charge in [-0.3, -0.25) is 33.8 Å². The summed E-state index contributed by atoms with van der Waals surface area (Å²) in [6.45, 7) is 18.4. The van der Waals surface area contributed by atoms with Crippen LogP contribution in [0.1, 0.15) is 151 Å². The minimum Gasteiger partial charge on any atom is -0.391 e. The van der Waals surface area contributed by atoms with Gasteiger partial charge >= 0.3 is 5.51 Å². The fourth-order valence-electron chi connectivity index (χ4n) is 14.5. The van der Waals surface area contributed by atoms with Crippen molar-refractivity contribution in [2.75, 3.05) is 94.6 Å². The van der Waals surface area contributed by atoms with E-state index in [1.165, 1.54) is 39.9 Å². The van der Waals surface area contributed by atoms with Crippen molar-refractivity contribution in [3.05, 3.63) is 160 Å².